The maximum absolute atomic E-state index is 11.7. The molecular formula is C10H10ClF3N2O2. The summed E-state index contributed by atoms with van der Waals surface area (Å²) in [5.41, 5.74) is 0.427. The minimum atomic E-state index is -4.38. The molecule has 1 N–H and O–H groups in total. The van der Waals surface area contributed by atoms with E-state index >= 15 is 0 Å². The number of alkyl halides is 3. The minimum absolute atomic E-state index is 0.171. The van der Waals surface area contributed by atoms with Crippen molar-refractivity contribution in [1.82, 2.24) is 4.98 Å². The van der Waals surface area contributed by atoms with E-state index in [2.05, 4.69) is 15.0 Å². The molecular weight excluding hydrogens is 273 g/mol. The van der Waals surface area contributed by atoms with Crippen LogP contribution in [-0.2, 0) is 9.53 Å². The zero-order valence-corrected chi connectivity index (χ0v) is 9.88. The van der Waals surface area contributed by atoms with E-state index in [0.29, 0.717) is 5.69 Å². The topological polar surface area (TPSA) is 51.2 Å². The first-order valence-corrected chi connectivity index (χ1v) is 5.30. The molecule has 0 atom stereocenters. The highest BCUT2D eigenvalue weighted by atomic mass is 35.5. The van der Waals surface area contributed by atoms with E-state index in [1.54, 1.807) is 0 Å². The first kappa shape index (κ1) is 14.7. The van der Waals surface area contributed by atoms with Crippen LogP contribution in [0.2, 0.25) is 5.15 Å². The zero-order valence-electron chi connectivity index (χ0n) is 9.13. The van der Waals surface area contributed by atoms with Gasteiger partial charge in [-0.2, -0.15) is 13.2 Å². The Morgan fingerprint density at radius 1 is 1.50 bits per heavy atom. The second-order valence-electron chi connectivity index (χ2n) is 3.33. The Balaban J connectivity index is 2.26. The number of hydrogen-bond acceptors (Lipinski definition) is 3. The number of nitrogens with one attached hydrogen (secondary N) is 1. The fraction of sp³-hybridized carbons (Fsp3) is 0.400. The van der Waals surface area contributed by atoms with Gasteiger partial charge in [0.2, 0.25) is 5.91 Å². The number of anilines is 1. The van der Waals surface area contributed by atoms with E-state index in [1.165, 1.54) is 18.3 Å². The molecule has 0 unspecified atom stereocenters. The van der Waals surface area contributed by atoms with Crippen LogP contribution in [0.3, 0.4) is 0 Å². The van der Waals surface area contributed by atoms with Crippen molar-refractivity contribution in [2.45, 2.75) is 12.6 Å². The molecule has 100 valence electrons. The molecule has 0 radical (unpaired) electrons. The summed E-state index contributed by atoms with van der Waals surface area (Å²) in [4.78, 5) is 15.0. The van der Waals surface area contributed by atoms with E-state index in [0.717, 1.165) is 0 Å². The van der Waals surface area contributed by atoms with Gasteiger partial charge in [-0.25, -0.2) is 4.98 Å². The van der Waals surface area contributed by atoms with Crippen molar-refractivity contribution in [3.05, 3.63) is 23.5 Å². The lowest BCUT2D eigenvalue weighted by Gasteiger charge is -2.08. The molecule has 1 aromatic heterocycles. The molecule has 4 nitrogen and oxygen atoms in total. The molecule has 1 aromatic rings. The van der Waals surface area contributed by atoms with Crippen LogP contribution in [-0.4, -0.2) is 30.3 Å². The van der Waals surface area contributed by atoms with E-state index in [-0.39, 0.29) is 18.2 Å². The average Bonchev–Trinajstić information content (AvgIpc) is 2.23. The summed E-state index contributed by atoms with van der Waals surface area (Å²) in [6.45, 7) is -1.66. The van der Waals surface area contributed by atoms with Gasteiger partial charge in [-0.05, 0) is 12.1 Å². The number of ether oxygens (including phenoxy) is 1. The highest BCUT2D eigenvalue weighted by Crippen LogP contribution is 2.15. The lowest BCUT2D eigenvalue weighted by Crippen LogP contribution is -2.20. The second kappa shape index (κ2) is 6.55. The number of carbonyl (C=O) groups is 1. The predicted octanol–water partition coefficient (Wildman–Crippen LogP) is 2.64. The van der Waals surface area contributed by atoms with Gasteiger partial charge in [-0.1, -0.05) is 11.6 Å². The van der Waals surface area contributed by atoms with Gasteiger partial charge in [0.25, 0.3) is 0 Å². The summed E-state index contributed by atoms with van der Waals surface area (Å²) in [7, 11) is 0. The standard InChI is InChI=1S/C10H10ClF3N2O2/c11-8-5-7(1-3-15-8)16-9(17)2-4-18-6-10(12,13)14/h1,3,5H,2,4,6H2,(H,15,16,17). The van der Waals surface area contributed by atoms with Crippen molar-refractivity contribution >= 4 is 23.2 Å². The van der Waals surface area contributed by atoms with Crippen molar-refractivity contribution < 1.29 is 22.7 Å². The van der Waals surface area contributed by atoms with Crippen LogP contribution in [0.5, 0.6) is 0 Å². The molecule has 18 heavy (non-hydrogen) atoms. The van der Waals surface area contributed by atoms with Crippen molar-refractivity contribution in [2.75, 3.05) is 18.5 Å². The van der Waals surface area contributed by atoms with Gasteiger partial charge < -0.3 is 10.1 Å². The third-order valence-electron chi connectivity index (χ3n) is 1.75. The van der Waals surface area contributed by atoms with Crippen LogP contribution >= 0.6 is 11.6 Å². The molecule has 1 heterocycles. The summed E-state index contributed by atoms with van der Waals surface area (Å²) in [5, 5.41) is 2.67. The largest absolute Gasteiger partial charge is 0.411 e. The Kier molecular flexibility index (Phi) is 5.36. The maximum atomic E-state index is 11.7. The molecule has 0 fully saturated rings. The van der Waals surface area contributed by atoms with Crippen LogP contribution < -0.4 is 5.32 Å². The number of carbonyl (C=O) groups excluding carboxylic acids is 1. The minimum Gasteiger partial charge on any atom is -0.372 e. The van der Waals surface area contributed by atoms with Gasteiger partial charge in [-0.3, -0.25) is 4.79 Å². The number of halogens is 4. The van der Waals surface area contributed by atoms with E-state index < -0.39 is 18.7 Å². The Bertz CT molecular complexity index is 412. The smallest absolute Gasteiger partial charge is 0.372 e. The SMILES string of the molecule is O=C(CCOCC(F)(F)F)Nc1ccnc(Cl)c1. The number of aromatic nitrogens is 1. The van der Waals surface area contributed by atoms with Crippen molar-refractivity contribution in [3.63, 3.8) is 0 Å². The van der Waals surface area contributed by atoms with Crippen molar-refractivity contribution in [2.24, 2.45) is 0 Å². The van der Waals surface area contributed by atoms with Crippen molar-refractivity contribution in [3.8, 4) is 0 Å². The van der Waals surface area contributed by atoms with Crippen LogP contribution in [0.4, 0.5) is 18.9 Å². The summed E-state index contributed by atoms with van der Waals surface area (Å²) in [6, 6.07) is 2.94. The number of hydrogen-bond donors (Lipinski definition) is 1. The Labute approximate surface area is 106 Å². The first-order valence-electron chi connectivity index (χ1n) is 4.93. The molecule has 0 spiro atoms. The number of nitrogens with zero attached hydrogens (tertiary/aromatic N) is 1. The van der Waals surface area contributed by atoms with Gasteiger partial charge >= 0.3 is 6.18 Å². The summed E-state index contributed by atoms with van der Waals surface area (Å²) < 4.78 is 39.5. The van der Waals surface area contributed by atoms with E-state index in [9.17, 15) is 18.0 Å². The average molecular weight is 283 g/mol. The first-order chi connectivity index (χ1) is 8.37. The molecule has 0 aliphatic carbocycles. The van der Waals surface area contributed by atoms with Gasteiger partial charge in [0.1, 0.15) is 11.8 Å². The van der Waals surface area contributed by atoms with Gasteiger partial charge in [0.15, 0.2) is 0 Å². The number of pyridine rings is 1. The van der Waals surface area contributed by atoms with Gasteiger partial charge in [-0.15, -0.1) is 0 Å². The second-order valence-corrected chi connectivity index (χ2v) is 3.72. The zero-order chi connectivity index (χ0) is 13.6. The van der Waals surface area contributed by atoms with Crippen LogP contribution in [0.15, 0.2) is 18.3 Å². The third kappa shape index (κ3) is 6.41. The molecule has 0 aliphatic heterocycles. The molecule has 1 amide bonds. The normalized spacial score (nSPS) is 11.3. The molecule has 0 aliphatic rings. The van der Waals surface area contributed by atoms with Gasteiger partial charge in [0, 0.05) is 11.9 Å². The van der Waals surface area contributed by atoms with Crippen molar-refractivity contribution in [1.29, 1.82) is 0 Å². The van der Waals surface area contributed by atoms with Gasteiger partial charge in [0.05, 0.1) is 13.0 Å². The molecule has 1 rings (SSSR count). The van der Waals surface area contributed by atoms with Crippen LogP contribution in [0.1, 0.15) is 6.42 Å². The monoisotopic (exact) mass is 282 g/mol. The molecule has 0 aromatic carbocycles. The Morgan fingerprint density at radius 3 is 2.83 bits per heavy atom. The molecule has 0 bridgehead atoms. The van der Waals surface area contributed by atoms with E-state index in [4.69, 9.17) is 11.6 Å². The highest BCUT2D eigenvalue weighted by Gasteiger charge is 2.27. The molecule has 0 saturated heterocycles. The summed E-state index contributed by atoms with van der Waals surface area (Å²) in [6.07, 6.45) is -3.15. The Morgan fingerprint density at radius 2 is 2.22 bits per heavy atom. The summed E-state index contributed by atoms with van der Waals surface area (Å²) in [5.74, 6) is -0.459. The van der Waals surface area contributed by atoms with Crippen LogP contribution in [0.25, 0.3) is 0 Å². The Hall–Kier alpha value is -1.34. The number of amides is 1. The molecule has 0 saturated carbocycles. The molecule has 8 heteroatoms. The summed E-state index contributed by atoms with van der Waals surface area (Å²) >= 11 is 5.59. The maximum Gasteiger partial charge on any atom is 0.411 e. The van der Waals surface area contributed by atoms with Crippen LogP contribution in [0, 0.1) is 0 Å². The third-order valence-corrected chi connectivity index (χ3v) is 1.96. The highest BCUT2D eigenvalue weighted by molar-refractivity contribution is 6.29. The lowest BCUT2D eigenvalue weighted by molar-refractivity contribution is -0.174. The number of rotatable bonds is 5. The quantitative estimate of drug-likeness (QED) is 0.667. The lowest BCUT2D eigenvalue weighted by atomic mass is 10.3. The fourth-order valence-corrected chi connectivity index (χ4v) is 1.23. The van der Waals surface area contributed by atoms with E-state index in [1.807, 2.05) is 0 Å². The predicted molar refractivity (Wildman–Crippen MR) is 59.4 cm³/mol. The fourth-order valence-electron chi connectivity index (χ4n) is 1.06.